The SMILES string of the molecule is CC1(C)C[C@H](c2cc[c]c(F)c2)N1. The molecule has 1 N–H and O–H groups in total. The molecular formula is C11H13FN. The van der Waals surface area contributed by atoms with Gasteiger partial charge in [0.05, 0.1) is 0 Å². The highest BCUT2D eigenvalue weighted by Crippen LogP contribution is 2.34. The Kier molecular flexibility index (Phi) is 1.88. The summed E-state index contributed by atoms with van der Waals surface area (Å²) in [5, 5.41) is 3.38. The molecule has 1 nitrogen and oxygen atoms in total. The lowest BCUT2D eigenvalue weighted by atomic mass is 9.81. The Morgan fingerprint density at radius 1 is 1.62 bits per heavy atom. The van der Waals surface area contributed by atoms with Crippen LogP contribution < -0.4 is 5.32 Å². The molecule has 2 heteroatoms. The van der Waals surface area contributed by atoms with Crippen molar-refractivity contribution in [3.05, 3.63) is 35.6 Å². The second kappa shape index (κ2) is 2.81. The van der Waals surface area contributed by atoms with Crippen LogP contribution in [0.2, 0.25) is 0 Å². The summed E-state index contributed by atoms with van der Waals surface area (Å²) in [6.07, 6.45) is 1.07. The van der Waals surface area contributed by atoms with Gasteiger partial charge in [0, 0.05) is 17.6 Å². The Morgan fingerprint density at radius 3 is 2.85 bits per heavy atom. The summed E-state index contributed by atoms with van der Waals surface area (Å²) in [6.45, 7) is 4.30. The van der Waals surface area contributed by atoms with Crippen LogP contribution in [0.25, 0.3) is 0 Å². The largest absolute Gasteiger partial charge is 0.305 e. The van der Waals surface area contributed by atoms with Crippen molar-refractivity contribution in [3.8, 4) is 0 Å². The molecular weight excluding hydrogens is 165 g/mol. The molecule has 1 radical (unpaired) electrons. The molecule has 1 aliphatic rings. The molecule has 0 spiro atoms. The molecule has 1 fully saturated rings. The summed E-state index contributed by atoms with van der Waals surface area (Å²) in [5.41, 5.74) is 1.23. The lowest BCUT2D eigenvalue weighted by molar-refractivity contribution is 0.177. The van der Waals surface area contributed by atoms with Crippen LogP contribution in [0.15, 0.2) is 18.2 Å². The van der Waals surface area contributed by atoms with E-state index in [-0.39, 0.29) is 11.4 Å². The number of hydrogen-bond donors (Lipinski definition) is 1. The van der Waals surface area contributed by atoms with Crippen LogP contribution >= 0.6 is 0 Å². The molecule has 1 saturated heterocycles. The van der Waals surface area contributed by atoms with Gasteiger partial charge in [-0.05, 0) is 31.9 Å². The summed E-state index contributed by atoms with van der Waals surface area (Å²) in [7, 11) is 0. The number of nitrogens with one attached hydrogen (secondary N) is 1. The van der Waals surface area contributed by atoms with E-state index < -0.39 is 0 Å². The van der Waals surface area contributed by atoms with Crippen molar-refractivity contribution in [1.29, 1.82) is 0 Å². The third kappa shape index (κ3) is 1.73. The average molecular weight is 178 g/mol. The Bertz CT molecular complexity index is 312. The Morgan fingerprint density at radius 2 is 2.31 bits per heavy atom. The van der Waals surface area contributed by atoms with E-state index in [1.54, 1.807) is 12.1 Å². The predicted octanol–water partition coefficient (Wildman–Crippen LogP) is 2.44. The zero-order chi connectivity index (χ0) is 9.47. The highest BCUT2D eigenvalue weighted by Gasteiger charge is 2.35. The fraction of sp³-hybridized carbons (Fsp3) is 0.455. The summed E-state index contributed by atoms with van der Waals surface area (Å²) in [5.74, 6) is -0.274. The zero-order valence-electron chi connectivity index (χ0n) is 7.89. The molecule has 0 amide bonds. The molecule has 0 aromatic heterocycles. The average Bonchev–Trinajstić information content (AvgIpc) is 2.00. The van der Waals surface area contributed by atoms with Crippen molar-refractivity contribution in [2.45, 2.75) is 31.8 Å². The first kappa shape index (κ1) is 8.70. The first-order valence-corrected chi connectivity index (χ1v) is 4.52. The molecule has 1 aliphatic heterocycles. The van der Waals surface area contributed by atoms with E-state index in [2.05, 4.69) is 25.2 Å². The third-order valence-electron chi connectivity index (χ3n) is 2.47. The van der Waals surface area contributed by atoms with Gasteiger partial charge in [0.15, 0.2) is 0 Å². The van der Waals surface area contributed by atoms with E-state index in [1.807, 2.05) is 6.07 Å². The van der Waals surface area contributed by atoms with Crippen LogP contribution in [-0.2, 0) is 0 Å². The molecule has 0 saturated carbocycles. The van der Waals surface area contributed by atoms with Crippen molar-refractivity contribution in [1.82, 2.24) is 5.32 Å². The van der Waals surface area contributed by atoms with E-state index in [9.17, 15) is 4.39 Å². The van der Waals surface area contributed by atoms with E-state index >= 15 is 0 Å². The molecule has 0 aliphatic carbocycles. The van der Waals surface area contributed by atoms with Gasteiger partial charge in [-0.15, -0.1) is 0 Å². The maximum Gasteiger partial charge on any atom is 0.131 e. The number of halogens is 1. The van der Waals surface area contributed by atoms with Crippen molar-refractivity contribution in [3.63, 3.8) is 0 Å². The number of rotatable bonds is 1. The van der Waals surface area contributed by atoms with Gasteiger partial charge >= 0.3 is 0 Å². The van der Waals surface area contributed by atoms with Crippen molar-refractivity contribution in [2.24, 2.45) is 0 Å². The normalized spacial score (nSPS) is 25.3. The Balaban J connectivity index is 2.11. The smallest absolute Gasteiger partial charge is 0.131 e. The molecule has 1 aromatic rings. The van der Waals surface area contributed by atoms with Crippen LogP contribution in [0.5, 0.6) is 0 Å². The molecule has 0 bridgehead atoms. The third-order valence-corrected chi connectivity index (χ3v) is 2.47. The molecule has 1 atom stereocenters. The maximum atomic E-state index is 12.8. The van der Waals surface area contributed by atoms with Gasteiger partial charge in [-0.25, -0.2) is 4.39 Å². The van der Waals surface area contributed by atoms with Gasteiger partial charge in [-0.3, -0.25) is 0 Å². The van der Waals surface area contributed by atoms with Crippen LogP contribution in [0.3, 0.4) is 0 Å². The second-order valence-electron chi connectivity index (χ2n) is 4.25. The first-order valence-electron chi connectivity index (χ1n) is 4.52. The van der Waals surface area contributed by atoms with Crippen molar-refractivity contribution >= 4 is 0 Å². The van der Waals surface area contributed by atoms with Crippen LogP contribution in [0.1, 0.15) is 31.9 Å². The van der Waals surface area contributed by atoms with Crippen LogP contribution in [0.4, 0.5) is 4.39 Å². The minimum atomic E-state index is -0.274. The van der Waals surface area contributed by atoms with E-state index in [1.165, 1.54) is 0 Å². The monoisotopic (exact) mass is 178 g/mol. The van der Waals surface area contributed by atoms with Gasteiger partial charge < -0.3 is 5.32 Å². The van der Waals surface area contributed by atoms with Gasteiger partial charge in [0.2, 0.25) is 0 Å². The van der Waals surface area contributed by atoms with Crippen molar-refractivity contribution in [2.75, 3.05) is 0 Å². The van der Waals surface area contributed by atoms with Crippen LogP contribution in [-0.4, -0.2) is 5.54 Å². The molecule has 69 valence electrons. The number of benzene rings is 1. The summed E-state index contributed by atoms with van der Waals surface area (Å²) >= 11 is 0. The minimum Gasteiger partial charge on any atom is -0.305 e. The zero-order valence-corrected chi connectivity index (χ0v) is 7.89. The van der Waals surface area contributed by atoms with E-state index in [4.69, 9.17) is 0 Å². The fourth-order valence-corrected chi connectivity index (χ4v) is 1.83. The van der Waals surface area contributed by atoms with Gasteiger partial charge in [-0.1, -0.05) is 12.1 Å². The Labute approximate surface area is 78.0 Å². The van der Waals surface area contributed by atoms with Gasteiger partial charge in [0.1, 0.15) is 5.82 Å². The highest BCUT2D eigenvalue weighted by atomic mass is 19.1. The standard InChI is InChI=1S/C11H13FN/c1-11(2)7-10(13-11)8-4-3-5-9(12)6-8/h3-4,6,10,13H,7H2,1-2H3/t10-/m1/s1. The first-order chi connectivity index (χ1) is 6.07. The highest BCUT2D eigenvalue weighted by molar-refractivity contribution is 5.23. The molecule has 1 aromatic carbocycles. The van der Waals surface area contributed by atoms with E-state index in [0.717, 1.165) is 12.0 Å². The van der Waals surface area contributed by atoms with Gasteiger partial charge in [-0.2, -0.15) is 0 Å². The molecule has 13 heavy (non-hydrogen) atoms. The Hall–Kier alpha value is -0.890. The quantitative estimate of drug-likeness (QED) is 0.696. The maximum absolute atomic E-state index is 12.8. The summed E-state index contributed by atoms with van der Waals surface area (Å²) in [6, 6.07) is 7.92. The lowest BCUT2D eigenvalue weighted by Crippen LogP contribution is -2.54. The van der Waals surface area contributed by atoms with Crippen molar-refractivity contribution < 1.29 is 4.39 Å². The molecule has 0 unspecified atom stereocenters. The molecule has 1 heterocycles. The lowest BCUT2D eigenvalue weighted by Gasteiger charge is -2.44. The van der Waals surface area contributed by atoms with Gasteiger partial charge in [0.25, 0.3) is 0 Å². The minimum absolute atomic E-state index is 0.209. The van der Waals surface area contributed by atoms with E-state index in [0.29, 0.717) is 6.04 Å². The number of hydrogen-bond acceptors (Lipinski definition) is 1. The summed E-state index contributed by atoms with van der Waals surface area (Å²) in [4.78, 5) is 0. The topological polar surface area (TPSA) is 12.0 Å². The predicted molar refractivity (Wildman–Crippen MR) is 49.8 cm³/mol. The molecule has 2 rings (SSSR count). The summed E-state index contributed by atoms with van der Waals surface area (Å²) < 4.78 is 12.8. The second-order valence-corrected chi connectivity index (χ2v) is 4.25. The van der Waals surface area contributed by atoms with Crippen LogP contribution in [0, 0.1) is 11.9 Å². The fourth-order valence-electron chi connectivity index (χ4n) is 1.83.